The van der Waals surface area contributed by atoms with Crippen molar-refractivity contribution < 1.29 is 8.83 Å². The van der Waals surface area contributed by atoms with E-state index in [9.17, 15) is 0 Å². The smallest absolute Gasteiger partial charge is 0.333 e. The zero-order valence-electron chi connectivity index (χ0n) is 39.9. The fourth-order valence-electron chi connectivity index (χ4n) is 11.5. The zero-order valence-corrected chi connectivity index (χ0v) is 40.7. The van der Waals surface area contributed by atoms with Crippen LogP contribution in [0.3, 0.4) is 0 Å². The Kier molecular flexibility index (Phi) is 7.84. The van der Waals surface area contributed by atoms with Gasteiger partial charge in [0.25, 0.3) is 0 Å². The lowest BCUT2D eigenvalue weighted by molar-refractivity contribution is 0.590. The van der Waals surface area contributed by atoms with E-state index in [0.29, 0.717) is 5.89 Å². The molecule has 14 rings (SSSR count). The zero-order chi connectivity index (χ0) is 46.3. The molecule has 0 saturated carbocycles. The van der Waals surface area contributed by atoms with Gasteiger partial charge in [0.15, 0.2) is 5.58 Å². The first-order valence-electron chi connectivity index (χ1n) is 24.0. The molecule has 0 atom stereocenters. The Balaban J connectivity index is 1.19. The molecule has 8 aromatic carbocycles. The van der Waals surface area contributed by atoms with Crippen molar-refractivity contribution in [1.82, 2.24) is 9.55 Å². The molecule has 0 saturated heterocycles. The molecule has 0 N–H and O–H groups in total. The van der Waals surface area contributed by atoms with E-state index in [1.54, 1.807) is 0 Å². The lowest BCUT2D eigenvalue weighted by Crippen LogP contribution is -2.60. The first kappa shape index (κ1) is 40.0. The molecule has 0 bridgehead atoms. The van der Waals surface area contributed by atoms with E-state index < -0.39 is 0 Å². The van der Waals surface area contributed by atoms with Crippen molar-refractivity contribution in [3.63, 3.8) is 0 Å². The van der Waals surface area contributed by atoms with Crippen molar-refractivity contribution >= 4 is 116 Å². The van der Waals surface area contributed by atoms with Gasteiger partial charge in [0.2, 0.25) is 5.89 Å². The van der Waals surface area contributed by atoms with Gasteiger partial charge in [0.1, 0.15) is 16.7 Å². The Hall–Kier alpha value is -7.09. The summed E-state index contributed by atoms with van der Waals surface area (Å²) < 4.78 is 19.1. The topological polar surface area (TPSA) is 47.3 Å². The third kappa shape index (κ3) is 5.48. The highest BCUT2D eigenvalue weighted by Crippen LogP contribution is 2.53. The van der Waals surface area contributed by atoms with E-state index in [0.717, 1.165) is 55.5 Å². The second kappa shape index (κ2) is 13.3. The molecule has 330 valence electrons. The molecule has 68 heavy (non-hydrogen) atoms. The van der Waals surface area contributed by atoms with Crippen molar-refractivity contribution in [2.24, 2.45) is 0 Å². The first-order valence-corrected chi connectivity index (χ1v) is 24.8. The maximum absolute atomic E-state index is 7.25. The molecule has 2 aliphatic rings. The van der Waals surface area contributed by atoms with E-state index in [1.807, 2.05) is 29.5 Å². The largest absolute Gasteiger partial charge is 0.455 e. The average Bonchev–Trinajstić information content (AvgIpc) is 4.09. The minimum absolute atomic E-state index is 0.00197. The van der Waals surface area contributed by atoms with Gasteiger partial charge in [0.05, 0.1) is 16.4 Å². The number of aromatic nitrogens is 2. The van der Waals surface area contributed by atoms with Gasteiger partial charge in [-0.3, -0.25) is 0 Å². The van der Waals surface area contributed by atoms with Crippen molar-refractivity contribution in [2.45, 2.75) is 78.6 Å². The Morgan fingerprint density at radius 1 is 0.544 bits per heavy atom. The Labute approximate surface area is 399 Å². The molecular weight excluding hydrogens is 850 g/mol. The number of thiophene rings is 1. The van der Waals surface area contributed by atoms with Crippen molar-refractivity contribution in [1.29, 1.82) is 0 Å². The molecule has 0 radical (unpaired) electrons. The van der Waals surface area contributed by atoms with Crippen molar-refractivity contribution in [3.05, 3.63) is 156 Å². The molecule has 5 nitrogen and oxygen atoms in total. The predicted molar refractivity (Wildman–Crippen MR) is 289 cm³/mol. The Bertz CT molecular complexity index is 4150. The SMILES string of the molecule is CC(C)(C)c1ccc(N2B3c4cc5nc(-c6ccccc6)oc5cc4-n4c5ccc(C(C)(C)C)cc5c5c6oc7ccccc7c6c(c3c54)-c3cc4sc5cc(C(C)(C)C)ccc5c4cc32)cc1. The van der Waals surface area contributed by atoms with Crippen molar-refractivity contribution in [2.75, 3.05) is 4.81 Å². The molecule has 2 aliphatic heterocycles. The highest BCUT2D eigenvalue weighted by Gasteiger charge is 2.47. The van der Waals surface area contributed by atoms with Crippen LogP contribution in [0.15, 0.2) is 148 Å². The lowest BCUT2D eigenvalue weighted by atomic mass is 9.43. The molecule has 0 unspecified atom stereocenters. The normalized spacial score (nSPS) is 13.9. The van der Waals surface area contributed by atoms with Crippen LogP contribution in [-0.4, -0.2) is 16.4 Å². The number of hydrogen-bond acceptors (Lipinski definition) is 5. The number of furan rings is 1. The summed E-state index contributed by atoms with van der Waals surface area (Å²) in [6.45, 7) is 20.5. The average molecular weight is 900 g/mol. The Morgan fingerprint density at radius 3 is 2.00 bits per heavy atom. The van der Waals surface area contributed by atoms with Gasteiger partial charge in [-0.05, 0) is 116 Å². The molecule has 0 spiro atoms. The monoisotopic (exact) mass is 899 g/mol. The summed E-state index contributed by atoms with van der Waals surface area (Å²) in [6.07, 6.45) is 0. The number of para-hydroxylation sites is 1. The maximum atomic E-state index is 7.25. The lowest BCUT2D eigenvalue weighted by Gasteiger charge is -2.42. The third-order valence-corrected chi connectivity index (χ3v) is 16.2. The summed E-state index contributed by atoms with van der Waals surface area (Å²) in [4.78, 5) is 7.89. The van der Waals surface area contributed by atoms with Crippen LogP contribution in [0.1, 0.15) is 79.0 Å². The van der Waals surface area contributed by atoms with Gasteiger partial charge in [-0.25, -0.2) is 4.98 Å². The van der Waals surface area contributed by atoms with Gasteiger partial charge >= 0.3 is 6.85 Å². The second-order valence-electron chi connectivity index (χ2n) is 22.4. The van der Waals surface area contributed by atoms with Crippen LogP contribution in [0.5, 0.6) is 0 Å². The Morgan fingerprint density at radius 2 is 1.24 bits per heavy atom. The minimum Gasteiger partial charge on any atom is -0.455 e. The number of benzene rings is 8. The summed E-state index contributed by atoms with van der Waals surface area (Å²) in [7, 11) is 0. The highest BCUT2D eigenvalue weighted by molar-refractivity contribution is 7.25. The molecule has 12 aromatic rings. The number of nitrogens with zero attached hydrogens (tertiary/aromatic N) is 3. The maximum Gasteiger partial charge on any atom is 0.333 e. The van der Waals surface area contributed by atoms with E-state index in [1.165, 1.54) is 80.9 Å². The van der Waals surface area contributed by atoms with Crippen LogP contribution in [0.2, 0.25) is 0 Å². The first-order chi connectivity index (χ1) is 32.6. The van der Waals surface area contributed by atoms with Crippen LogP contribution in [0.4, 0.5) is 11.4 Å². The third-order valence-electron chi connectivity index (χ3n) is 15.1. The fraction of sp³-hybridized carbons (Fsp3) is 0.197. The predicted octanol–water partition coefficient (Wildman–Crippen LogP) is 16.0. The molecule has 7 heteroatoms. The molecule has 0 fully saturated rings. The number of oxazole rings is 1. The summed E-state index contributed by atoms with van der Waals surface area (Å²) in [5, 5.41) is 7.21. The number of hydrogen-bond donors (Lipinski definition) is 0. The molecule has 6 heterocycles. The summed E-state index contributed by atoms with van der Waals surface area (Å²) >= 11 is 1.91. The fourth-order valence-corrected chi connectivity index (χ4v) is 12.7. The van der Waals surface area contributed by atoms with Crippen LogP contribution in [-0.2, 0) is 16.2 Å². The van der Waals surface area contributed by atoms with Crippen LogP contribution in [0, 0.1) is 0 Å². The van der Waals surface area contributed by atoms with Gasteiger partial charge in [0, 0.05) is 70.6 Å². The van der Waals surface area contributed by atoms with Gasteiger partial charge in [-0.2, -0.15) is 0 Å². The molecular formula is C61H50BN3O2S. The van der Waals surface area contributed by atoms with Crippen LogP contribution < -0.4 is 15.7 Å². The number of rotatable bonds is 2. The van der Waals surface area contributed by atoms with E-state index >= 15 is 0 Å². The van der Waals surface area contributed by atoms with Crippen LogP contribution in [0.25, 0.3) is 103 Å². The van der Waals surface area contributed by atoms with Crippen molar-refractivity contribution in [3.8, 4) is 28.3 Å². The molecule has 0 aliphatic carbocycles. The van der Waals surface area contributed by atoms with E-state index in [-0.39, 0.29) is 23.1 Å². The summed E-state index contributed by atoms with van der Waals surface area (Å²) in [5.41, 5.74) is 19.0. The summed E-state index contributed by atoms with van der Waals surface area (Å²) in [5.74, 6) is 0.618. The standard InChI is InChI=1S/C61H50BN3O2S/c1-59(2,3)34-19-23-37(24-20-34)65-46-29-40-38-25-21-36(61(7,8)9)28-50(38)68-51(40)30-42(46)52-53-39-17-13-14-18-48(39)66-57(53)54-41-27-35(60(4,5)6)22-26-45(41)64-47-32-49-44(31-43(47)62(65)55(52)56(54)64)63-58(67-49)33-15-11-10-12-16-33/h10-32H,1-9H3. The minimum atomic E-state index is -0.233. The number of fused-ring (bicyclic) bond motifs is 17. The quantitative estimate of drug-likeness (QED) is 0.162. The molecule has 4 aromatic heterocycles. The van der Waals surface area contributed by atoms with Gasteiger partial charge in [-0.15, -0.1) is 11.3 Å². The van der Waals surface area contributed by atoms with E-state index in [2.05, 4.69) is 193 Å². The summed E-state index contributed by atoms with van der Waals surface area (Å²) in [6, 6.07) is 52.1. The second-order valence-corrected chi connectivity index (χ2v) is 23.5. The van der Waals surface area contributed by atoms with Crippen LogP contribution >= 0.6 is 11.3 Å². The molecule has 0 amide bonds. The van der Waals surface area contributed by atoms with Gasteiger partial charge in [-0.1, -0.05) is 129 Å². The number of anilines is 2. The van der Waals surface area contributed by atoms with Gasteiger partial charge < -0.3 is 18.2 Å². The van der Waals surface area contributed by atoms with E-state index in [4.69, 9.17) is 13.8 Å². The highest BCUT2D eigenvalue weighted by atomic mass is 32.1.